The van der Waals surface area contributed by atoms with Crippen LogP contribution in [0.25, 0.3) is 0 Å². The first kappa shape index (κ1) is 26.1. The predicted molar refractivity (Wildman–Crippen MR) is 126 cm³/mol. The van der Waals surface area contributed by atoms with Crippen LogP contribution in [0, 0.1) is 11.8 Å². The van der Waals surface area contributed by atoms with Gasteiger partial charge in [-0.05, 0) is 30.7 Å². The lowest BCUT2D eigenvalue weighted by molar-refractivity contribution is -0.160. The molecule has 2 aliphatic rings. The number of urea groups is 1. The number of hydrazine groups is 1. The minimum atomic E-state index is -0.992. The summed E-state index contributed by atoms with van der Waals surface area (Å²) < 4.78 is 5.61. The van der Waals surface area contributed by atoms with Crippen molar-refractivity contribution in [1.82, 2.24) is 20.4 Å². The third kappa shape index (κ3) is 6.55. The van der Waals surface area contributed by atoms with Crippen molar-refractivity contribution in [3.8, 4) is 0 Å². The molecule has 0 spiro atoms. The Morgan fingerprint density at radius 2 is 1.85 bits per heavy atom. The summed E-state index contributed by atoms with van der Waals surface area (Å²) in [7, 11) is 0. The highest BCUT2D eigenvalue weighted by Crippen LogP contribution is 2.37. The van der Waals surface area contributed by atoms with E-state index in [1.807, 2.05) is 42.3 Å². The fourth-order valence-electron chi connectivity index (χ4n) is 4.28. The molecule has 4 amide bonds. The average Bonchev–Trinajstić information content (AvgIpc) is 3.49. The number of fused-ring (bicyclic) bond motifs is 1. The summed E-state index contributed by atoms with van der Waals surface area (Å²) in [6, 6.07) is 7.42. The van der Waals surface area contributed by atoms with Gasteiger partial charge in [-0.25, -0.2) is 4.79 Å². The van der Waals surface area contributed by atoms with E-state index in [4.69, 9.17) is 4.74 Å². The number of imide groups is 1. The molecule has 9 nitrogen and oxygen atoms in total. The van der Waals surface area contributed by atoms with Crippen molar-refractivity contribution in [1.29, 1.82) is 0 Å². The van der Waals surface area contributed by atoms with Gasteiger partial charge in [0.05, 0.1) is 0 Å². The van der Waals surface area contributed by atoms with Gasteiger partial charge in [-0.3, -0.25) is 19.8 Å². The standard InChI is InChI=1S/C25H38N4O5/c1-5-14-27(28-15-13-21-24(28)34-21)23(31)20(16-19-9-7-6-8-10-19)26-25(32)29(33)22(30)18(4)12-11-17(2)3/h6-10,17-18,20-21,24,33H,5,11-16H2,1-4H3,(H,26,32)/t18-,20-,21+,24?/m0/s1. The van der Waals surface area contributed by atoms with Crippen LogP contribution in [-0.4, -0.2) is 69.6 Å². The highest BCUT2D eigenvalue weighted by Gasteiger charge is 2.52. The Morgan fingerprint density at radius 3 is 2.41 bits per heavy atom. The van der Waals surface area contributed by atoms with Gasteiger partial charge in [0.2, 0.25) is 0 Å². The van der Waals surface area contributed by atoms with E-state index in [2.05, 4.69) is 19.2 Å². The summed E-state index contributed by atoms with van der Waals surface area (Å²) in [5, 5.41) is 16.7. The Hall–Kier alpha value is -2.49. The normalized spacial score (nSPS) is 21.0. The second-order valence-corrected chi connectivity index (χ2v) is 9.69. The molecule has 1 unspecified atom stereocenters. The molecule has 188 valence electrons. The molecule has 2 aliphatic heterocycles. The smallest absolute Gasteiger partial charge is 0.349 e. The molecule has 0 radical (unpaired) electrons. The lowest BCUT2D eigenvalue weighted by atomic mass is 9.99. The first-order valence-corrected chi connectivity index (χ1v) is 12.3. The summed E-state index contributed by atoms with van der Waals surface area (Å²) in [5.74, 6) is -1.06. The van der Waals surface area contributed by atoms with Crippen molar-refractivity contribution in [2.75, 3.05) is 13.1 Å². The van der Waals surface area contributed by atoms with E-state index < -0.39 is 23.9 Å². The van der Waals surface area contributed by atoms with Gasteiger partial charge in [0.25, 0.3) is 11.8 Å². The molecular weight excluding hydrogens is 436 g/mol. The number of hydrogen-bond donors (Lipinski definition) is 2. The second kappa shape index (κ2) is 11.8. The van der Waals surface area contributed by atoms with Gasteiger partial charge < -0.3 is 10.1 Å². The number of nitrogens with zero attached hydrogens (tertiary/aromatic N) is 3. The first-order chi connectivity index (χ1) is 16.2. The monoisotopic (exact) mass is 474 g/mol. The molecule has 4 atom stereocenters. The zero-order valence-corrected chi connectivity index (χ0v) is 20.6. The summed E-state index contributed by atoms with van der Waals surface area (Å²) in [6.07, 6.45) is 3.27. The third-order valence-electron chi connectivity index (χ3n) is 6.37. The number of nitrogens with one attached hydrogen (secondary N) is 1. The number of carbonyl (C=O) groups is 3. The van der Waals surface area contributed by atoms with Gasteiger partial charge in [-0.15, -0.1) is 5.06 Å². The van der Waals surface area contributed by atoms with Crippen LogP contribution in [0.4, 0.5) is 4.79 Å². The summed E-state index contributed by atoms with van der Waals surface area (Å²) in [6.45, 7) is 8.98. The largest absolute Gasteiger partial charge is 0.351 e. The maximum absolute atomic E-state index is 13.7. The second-order valence-electron chi connectivity index (χ2n) is 9.69. The fourth-order valence-corrected chi connectivity index (χ4v) is 4.28. The molecule has 34 heavy (non-hydrogen) atoms. The predicted octanol–water partition coefficient (Wildman–Crippen LogP) is 3.18. The van der Waals surface area contributed by atoms with Gasteiger partial charge in [-0.2, -0.15) is 5.01 Å². The average molecular weight is 475 g/mol. The highest BCUT2D eigenvalue weighted by atomic mass is 16.6. The molecule has 9 heteroatoms. The Labute approximate surface area is 201 Å². The number of rotatable bonds is 11. The lowest BCUT2D eigenvalue weighted by Crippen LogP contribution is -2.58. The Morgan fingerprint density at radius 1 is 1.15 bits per heavy atom. The summed E-state index contributed by atoms with van der Waals surface area (Å²) in [4.78, 5) is 39.1. The van der Waals surface area contributed by atoms with Crippen molar-refractivity contribution in [2.24, 2.45) is 11.8 Å². The van der Waals surface area contributed by atoms with Gasteiger partial charge in [-0.1, -0.05) is 64.4 Å². The van der Waals surface area contributed by atoms with Crippen LogP contribution in [0.3, 0.4) is 0 Å². The lowest BCUT2D eigenvalue weighted by Gasteiger charge is -2.35. The molecule has 0 aliphatic carbocycles. The van der Waals surface area contributed by atoms with Crippen LogP contribution in [0.2, 0.25) is 0 Å². The van der Waals surface area contributed by atoms with Crippen LogP contribution >= 0.6 is 0 Å². The molecule has 2 heterocycles. The first-order valence-electron chi connectivity index (χ1n) is 12.3. The van der Waals surface area contributed by atoms with Crippen molar-refractivity contribution >= 4 is 17.8 Å². The Balaban J connectivity index is 1.73. The molecule has 2 N–H and O–H groups in total. The van der Waals surface area contributed by atoms with Gasteiger partial charge in [0, 0.05) is 25.4 Å². The SMILES string of the molecule is CCCN(C(=O)[C@H](Cc1ccccc1)NC(=O)N(O)C(=O)[C@@H](C)CCC(C)C)N1CC[C@H]2OC21. The molecule has 2 fully saturated rings. The van der Waals surface area contributed by atoms with E-state index in [0.29, 0.717) is 25.4 Å². The molecule has 2 saturated heterocycles. The van der Waals surface area contributed by atoms with Gasteiger partial charge >= 0.3 is 6.03 Å². The number of epoxide rings is 1. The number of hydrogen-bond acceptors (Lipinski definition) is 6. The van der Waals surface area contributed by atoms with E-state index in [-0.39, 0.29) is 29.7 Å². The molecule has 0 bridgehead atoms. The van der Waals surface area contributed by atoms with Gasteiger partial charge in [0.15, 0.2) is 6.23 Å². The molecular formula is C25H38N4O5. The van der Waals surface area contributed by atoms with Crippen LogP contribution < -0.4 is 5.32 Å². The third-order valence-corrected chi connectivity index (χ3v) is 6.37. The minimum Gasteiger partial charge on any atom is -0.351 e. The Bertz CT molecular complexity index is 849. The van der Waals surface area contributed by atoms with E-state index in [9.17, 15) is 19.6 Å². The van der Waals surface area contributed by atoms with Crippen LogP contribution in [-0.2, 0) is 20.7 Å². The zero-order chi connectivity index (χ0) is 24.8. The number of benzene rings is 1. The quantitative estimate of drug-likeness (QED) is 0.290. The van der Waals surface area contributed by atoms with Crippen molar-refractivity contribution < 1.29 is 24.3 Å². The Kier molecular flexibility index (Phi) is 9.04. The van der Waals surface area contributed by atoms with Crippen molar-refractivity contribution in [3.05, 3.63) is 35.9 Å². The molecule has 0 saturated carbocycles. The highest BCUT2D eigenvalue weighted by molar-refractivity contribution is 5.96. The van der Waals surface area contributed by atoms with E-state index in [0.717, 1.165) is 24.8 Å². The van der Waals surface area contributed by atoms with Crippen LogP contribution in [0.1, 0.15) is 58.9 Å². The molecule has 3 rings (SSSR count). The van der Waals surface area contributed by atoms with Crippen LogP contribution in [0.15, 0.2) is 30.3 Å². The maximum Gasteiger partial charge on any atom is 0.349 e. The van der Waals surface area contributed by atoms with Crippen molar-refractivity contribution in [2.45, 2.75) is 78.2 Å². The molecule has 1 aromatic rings. The van der Waals surface area contributed by atoms with E-state index >= 15 is 0 Å². The minimum absolute atomic E-state index is 0.0960. The fraction of sp³-hybridized carbons (Fsp3) is 0.640. The number of carbonyl (C=O) groups excluding carboxylic acids is 3. The van der Waals surface area contributed by atoms with Gasteiger partial charge in [0.1, 0.15) is 12.1 Å². The summed E-state index contributed by atoms with van der Waals surface area (Å²) >= 11 is 0. The maximum atomic E-state index is 13.7. The van der Waals surface area contributed by atoms with E-state index in [1.54, 1.807) is 11.9 Å². The number of amides is 4. The molecule has 0 aromatic heterocycles. The van der Waals surface area contributed by atoms with Crippen molar-refractivity contribution in [3.63, 3.8) is 0 Å². The number of hydroxylamine groups is 2. The zero-order valence-electron chi connectivity index (χ0n) is 20.6. The topological polar surface area (TPSA) is 106 Å². The van der Waals surface area contributed by atoms with Crippen LogP contribution in [0.5, 0.6) is 0 Å². The van der Waals surface area contributed by atoms with E-state index in [1.165, 1.54) is 0 Å². The summed E-state index contributed by atoms with van der Waals surface area (Å²) in [5.41, 5.74) is 0.862. The number of ether oxygens (including phenoxy) is 1. The molecule has 1 aromatic carbocycles.